The van der Waals surface area contributed by atoms with E-state index in [4.69, 9.17) is 5.73 Å². The Bertz CT molecular complexity index is 424. The van der Waals surface area contributed by atoms with Crippen molar-refractivity contribution in [2.75, 3.05) is 6.54 Å². The van der Waals surface area contributed by atoms with Crippen molar-refractivity contribution in [1.29, 1.82) is 0 Å². The van der Waals surface area contributed by atoms with Gasteiger partial charge in [0.2, 0.25) is 5.91 Å². The van der Waals surface area contributed by atoms with Gasteiger partial charge in [0, 0.05) is 18.0 Å². The molecular weight excluding hydrogens is 248 g/mol. The summed E-state index contributed by atoms with van der Waals surface area (Å²) in [4.78, 5) is 12.4. The van der Waals surface area contributed by atoms with Crippen LogP contribution < -0.4 is 11.1 Å². The van der Waals surface area contributed by atoms with Gasteiger partial charge in [0.25, 0.3) is 0 Å². The Kier molecular flexibility index (Phi) is 5.18. The maximum atomic E-state index is 12.4. The number of amides is 1. The first-order valence-electron chi connectivity index (χ1n) is 7.77. The van der Waals surface area contributed by atoms with Crippen molar-refractivity contribution in [2.45, 2.75) is 51.5 Å². The minimum Gasteiger partial charge on any atom is -0.356 e. The highest BCUT2D eigenvalue weighted by molar-refractivity contribution is 5.82. The van der Waals surface area contributed by atoms with Crippen LogP contribution in [-0.4, -0.2) is 12.5 Å². The maximum Gasteiger partial charge on any atom is 0.226 e. The molecule has 1 aliphatic carbocycles. The molecule has 1 atom stereocenters. The normalized spacial score (nSPS) is 18.7. The zero-order chi connectivity index (χ0) is 14.4. The Morgan fingerprint density at radius 3 is 2.55 bits per heavy atom. The molecule has 1 aromatic carbocycles. The Morgan fingerprint density at radius 2 is 1.95 bits per heavy atom. The van der Waals surface area contributed by atoms with Crippen LogP contribution in [0.4, 0.5) is 0 Å². The molecule has 1 amide bonds. The van der Waals surface area contributed by atoms with Gasteiger partial charge in [-0.3, -0.25) is 4.79 Å². The number of nitrogens with two attached hydrogens (primary N) is 1. The second-order valence-corrected chi connectivity index (χ2v) is 5.90. The summed E-state index contributed by atoms with van der Waals surface area (Å²) in [5.41, 5.74) is 7.18. The topological polar surface area (TPSA) is 55.1 Å². The third-order valence-corrected chi connectivity index (χ3v) is 4.69. The van der Waals surface area contributed by atoms with E-state index in [9.17, 15) is 4.79 Å². The number of hydrogen-bond donors (Lipinski definition) is 2. The van der Waals surface area contributed by atoms with Crippen LogP contribution in [0.15, 0.2) is 30.3 Å². The van der Waals surface area contributed by atoms with Gasteiger partial charge in [-0.15, -0.1) is 0 Å². The van der Waals surface area contributed by atoms with Crippen LogP contribution in [0.1, 0.15) is 57.1 Å². The van der Waals surface area contributed by atoms with Crippen LogP contribution in [0.3, 0.4) is 0 Å². The summed E-state index contributed by atoms with van der Waals surface area (Å²) in [6.45, 7) is 2.79. The molecule has 3 N–H and O–H groups in total. The van der Waals surface area contributed by atoms with Gasteiger partial charge < -0.3 is 11.1 Å². The van der Waals surface area contributed by atoms with Crippen LogP contribution in [-0.2, 0) is 4.79 Å². The van der Waals surface area contributed by atoms with E-state index in [-0.39, 0.29) is 17.4 Å². The molecule has 20 heavy (non-hydrogen) atoms. The van der Waals surface area contributed by atoms with Gasteiger partial charge in [0.1, 0.15) is 0 Å². The highest BCUT2D eigenvalue weighted by Gasteiger charge is 2.38. The van der Waals surface area contributed by atoms with E-state index in [1.54, 1.807) is 0 Å². The fourth-order valence-electron chi connectivity index (χ4n) is 3.19. The Hall–Kier alpha value is -1.35. The number of carbonyl (C=O) groups is 1. The molecule has 1 aromatic rings. The van der Waals surface area contributed by atoms with Crippen molar-refractivity contribution in [3.63, 3.8) is 0 Å². The molecule has 2 rings (SSSR count). The first kappa shape index (κ1) is 15.0. The van der Waals surface area contributed by atoms with Crippen LogP contribution in [0.25, 0.3) is 0 Å². The molecule has 0 aromatic heterocycles. The Balaban J connectivity index is 1.79. The quantitative estimate of drug-likeness (QED) is 0.837. The van der Waals surface area contributed by atoms with E-state index < -0.39 is 0 Å². The lowest BCUT2D eigenvalue weighted by Crippen LogP contribution is -2.39. The first-order valence-corrected chi connectivity index (χ1v) is 7.77. The summed E-state index contributed by atoms with van der Waals surface area (Å²) in [6.07, 6.45) is 6.19. The summed E-state index contributed by atoms with van der Waals surface area (Å²) in [6, 6.07) is 10.1. The molecule has 1 fully saturated rings. The second-order valence-electron chi connectivity index (χ2n) is 5.90. The zero-order valence-electron chi connectivity index (χ0n) is 12.4. The molecule has 3 heteroatoms. The van der Waals surface area contributed by atoms with E-state index in [1.165, 1.54) is 12.8 Å². The predicted octanol–water partition coefficient (Wildman–Crippen LogP) is 3.16. The lowest BCUT2D eigenvalue weighted by atomic mass is 9.82. The van der Waals surface area contributed by atoms with Gasteiger partial charge in [0.15, 0.2) is 0 Å². The average Bonchev–Trinajstić information content (AvgIpc) is 2.98. The van der Waals surface area contributed by atoms with Crippen molar-refractivity contribution in [1.82, 2.24) is 5.32 Å². The maximum absolute atomic E-state index is 12.4. The van der Waals surface area contributed by atoms with Crippen molar-refractivity contribution < 1.29 is 4.79 Å². The summed E-state index contributed by atoms with van der Waals surface area (Å²) >= 11 is 0. The van der Waals surface area contributed by atoms with Gasteiger partial charge in [-0.1, -0.05) is 50.1 Å². The minimum absolute atomic E-state index is 0.00217. The van der Waals surface area contributed by atoms with E-state index in [0.29, 0.717) is 6.54 Å². The number of rotatable bonds is 6. The highest BCUT2D eigenvalue weighted by atomic mass is 16.2. The molecule has 0 saturated heterocycles. The van der Waals surface area contributed by atoms with Crippen LogP contribution in [0.5, 0.6) is 0 Å². The summed E-state index contributed by atoms with van der Waals surface area (Å²) in [5.74, 6) is 0.234. The van der Waals surface area contributed by atoms with E-state index >= 15 is 0 Å². The molecule has 1 unspecified atom stereocenters. The van der Waals surface area contributed by atoms with Crippen molar-refractivity contribution in [3.05, 3.63) is 35.9 Å². The highest BCUT2D eigenvalue weighted by Crippen LogP contribution is 2.41. The zero-order valence-corrected chi connectivity index (χ0v) is 12.4. The van der Waals surface area contributed by atoms with Gasteiger partial charge in [-0.2, -0.15) is 0 Å². The largest absolute Gasteiger partial charge is 0.356 e. The molecule has 0 radical (unpaired) electrons. The van der Waals surface area contributed by atoms with Gasteiger partial charge >= 0.3 is 0 Å². The monoisotopic (exact) mass is 274 g/mol. The van der Waals surface area contributed by atoms with Crippen molar-refractivity contribution in [3.8, 4) is 0 Å². The average molecular weight is 274 g/mol. The lowest BCUT2D eigenvalue weighted by molar-refractivity contribution is -0.131. The van der Waals surface area contributed by atoms with Crippen LogP contribution in [0, 0.1) is 5.41 Å². The molecule has 0 bridgehead atoms. The third-order valence-electron chi connectivity index (χ3n) is 4.69. The minimum atomic E-state index is -0.100. The number of hydrogen-bond acceptors (Lipinski definition) is 2. The van der Waals surface area contributed by atoms with E-state index in [2.05, 4.69) is 12.2 Å². The second kappa shape index (κ2) is 6.89. The van der Waals surface area contributed by atoms with Gasteiger partial charge in [-0.05, 0) is 31.2 Å². The smallest absolute Gasteiger partial charge is 0.226 e. The lowest BCUT2D eigenvalue weighted by Gasteiger charge is -2.26. The van der Waals surface area contributed by atoms with Crippen LogP contribution in [0.2, 0.25) is 0 Å². The van der Waals surface area contributed by atoms with Crippen molar-refractivity contribution >= 4 is 5.91 Å². The molecular formula is C17H26N2O. The molecule has 3 nitrogen and oxygen atoms in total. The van der Waals surface area contributed by atoms with Gasteiger partial charge in [-0.25, -0.2) is 0 Å². The molecule has 0 spiro atoms. The fraction of sp³-hybridized carbons (Fsp3) is 0.588. The van der Waals surface area contributed by atoms with E-state index in [0.717, 1.165) is 31.2 Å². The predicted molar refractivity (Wildman–Crippen MR) is 82.2 cm³/mol. The number of carbonyl (C=O) groups excluding carboxylic acids is 1. The van der Waals surface area contributed by atoms with E-state index in [1.807, 2.05) is 30.3 Å². The Labute approximate surface area is 121 Å². The molecule has 0 aliphatic heterocycles. The Morgan fingerprint density at radius 1 is 1.30 bits per heavy atom. The van der Waals surface area contributed by atoms with Crippen LogP contribution >= 0.6 is 0 Å². The van der Waals surface area contributed by atoms with Gasteiger partial charge in [0.05, 0.1) is 0 Å². The number of benzene rings is 1. The fourth-order valence-corrected chi connectivity index (χ4v) is 3.19. The summed E-state index contributed by atoms with van der Waals surface area (Å²) in [7, 11) is 0. The standard InChI is InChI=1S/C17H26N2O/c1-2-17(11-6-7-12-17)16(20)19-13-10-15(18)14-8-4-3-5-9-14/h3-5,8-9,15H,2,6-7,10-13,18H2,1H3,(H,19,20). The third kappa shape index (κ3) is 3.40. The first-order chi connectivity index (χ1) is 9.68. The summed E-state index contributed by atoms with van der Waals surface area (Å²) in [5, 5.41) is 3.10. The SMILES string of the molecule is CCC1(C(=O)NCCC(N)c2ccccc2)CCCC1. The molecule has 1 saturated carbocycles. The number of nitrogens with one attached hydrogen (secondary N) is 1. The molecule has 110 valence electrons. The molecule has 1 aliphatic rings. The van der Waals surface area contributed by atoms with Crippen molar-refractivity contribution in [2.24, 2.45) is 11.1 Å². The molecule has 0 heterocycles. The summed E-state index contributed by atoms with van der Waals surface area (Å²) < 4.78 is 0.